The van der Waals surface area contributed by atoms with Gasteiger partial charge in [0.1, 0.15) is 22.8 Å². The van der Waals surface area contributed by atoms with Crippen LogP contribution < -0.4 is 4.74 Å². The standard InChI is InChI=1S/C18H26O3.C15H22O3.C14H12O3/c1-3-4-5-6-7-11-14-21-18(19)17(20-2)15-16-12-9-8-10-13-16;1-2-3-4-5-6-9-12-18-15(17)13-10-7-8-11-14(13)16;1-17-11-7-8-12(13(15)9-11)14(16)10-5-3-2-4-6-10/h8-10,12-13,15H,3-7,11,14H2,1-2H3;7-8,10-11,16H,2-6,9,12H2,1H3;2-9,15H,1H3. The van der Waals surface area contributed by atoms with Crippen molar-refractivity contribution in [1.29, 1.82) is 0 Å². The number of ether oxygens (including phenoxy) is 4. The van der Waals surface area contributed by atoms with Crippen LogP contribution in [0.25, 0.3) is 6.08 Å². The number of unbranched alkanes of at least 4 members (excludes halogenated alkanes) is 10. The maximum atomic E-state index is 12.1. The fourth-order valence-corrected chi connectivity index (χ4v) is 5.37. The average molecular weight is 769 g/mol. The summed E-state index contributed by atoms with van der Waals surface area (Å²) in [6.45, 7) is 5.28. The van der Waals surface area contributed by atoms with Crippen molar-refractivity contribution in [3.63, 3.8) is 0 Å². The van der Waals surface area contributed by atoms with Crippen molar-refractivity contribution in [1.82, 2.24) is 0 Å². The molecule has 0 saturated carbocycles. The first-order valence-corrected chi connectivity index (χ1v) is 19.6. The van der Waals surface area contributed by atoms with Gasteiger partial charge in [0.15, 0.2) is 5.78 Å². The summed E-state index contributed by atoms with van der Waals surface area (Å²) in [6, 6.07) is 29.5. The molecule has 0 unspecified atom stereocenters. The molecule has 0 aromatic heterocycles. The van der Waals surface area contributed by atoms with Crippen molar-refractivity contribution in [2.45, 2.75) is 90.9 Å². The summed E-state index contributed by atoms with van der Waals surface area (Å²) < 4.78 is 20.4. The molecule has 2 N–H and O–H groups in total. The number of phenolic OH excluding ortho intramolecular Hbond substituents is 2. The first kappa shape index (κ1) is 46.6. The summed E-state index contributed by atoms with van der Waals surface area (Å²) in [4.78, 5) is 35.6. The second-order valence-electron chi connectivity index (χ2n) is 13.0. The van der Waals surface area contributed by atoms with E-state index in [1.807, 2.05) is 36.4 Å². The molecule has 4 aromatic rings. The molecule has 56 heavy (non-hydrogen) atoms. The number of para-hydroxylation sites is 1. The van der Waals surface area contributed by atoms with Crippen molar-refractivity contribution < 1.29 is 43.5 Å². The van der Waals surface area contributed by atoms with Gasteiger partial charge in [-0.2, -0.15) is 0 Å². The quantitative estimate of drug-likeness (QED) is 0.0280. The minimum Gasteiger partial charge on any atom is -0.507 e. The summed E-state index contributed by atoms with van der Waals surface area (Å²) in [7, 11) is 2.99. The van der Waals surface area contributed by atoms with Crippen molar-refractivity contribution in [3.8, 4) is 17.2 Å². The fourth-order valence-electron chi connectivity index (χ4n) is 5.37. The Bertz CT molecular complexity index is 1720. The van der Waals surface area contributed by atoms with Crippen LogP contribution in [0.2, 0.25) is 0 Å². The van der Waals surface area contributed by atoms with E-state index < -0.39 is 11.9 Å². The van der Waals surface area contributed by atoms with Gasteiger partial charge in [0, 0.05) is 11.6 Å². The zero-order valence-corrected chi connectivity index (χ0v) is 33.5. The average Bonchev–Trinajstić information content (AvgIpc) is 3.23. The van der Waals surface area contributed by atoms with E-state index >= 15 is 0 Å². The lowest BCUT2D eigenvalue weighted by Crippen LogP contribution is -2.10. The van der Waals surface area contributed by atoms with Crippen LogP contribution in [-0.4, -0.2) is 55.4 Å². The molecule has 0 heterocycles. The van der Waals surface area contributed by atoms with Gasteiger partial charge < -0.3 is 29.2 Å². The van der Waals surface area contributed by atoms with Crippen LogP contribution >= 0.6 is 0 Å². The number of phenols is 2. The zero-order valence-electron chi connectivity index (χ0n) is 33.5. The van der Waals surface area contributed by atoms with Gasteiger partial charge in [0.25, 0.3) is 0 Å². The molecular weight excluding hydrogens is 709 g/mol. The van der Waals surface area contributed by atoms with Crippen LogP contribution in [0.15, 0.2) is 109 Å². The summed E-state index contributed by atoms with van der Waals surface area (Å²) in [5.74, 6) is -0.370. The number of rotatable bonds is 21. The van der Waals surface area contributed by atoms with Crippen LogP contribution in [0.4, 0.5) is 0 Å². The SMILES string of the molecule is CCCCCCCCOC(=O)C(=Cc1ccccc1)OC.CCCCCCCCOC(=O)c1ccccc1O.COc1ccc(C(=O)c2ccccc2)c(O)c1. The second kappa shape index (κ2) is 28.8. The molecule has 9 nitrogen and oxygen atoms in total. The third-order valence-electron chi connectivity index (χ3n) is 8.59. The van der Waals surface area contributed by atoms with Crippen molar-refractivity contribution in [2.24, 2.45) is 0 Å². The maximum Gasteiger partial charge on any atom is 0.373 e. The Balaban J connectivity index is 0.000000292. The Labute approximate surface area is 333 Å². The van der Waals surface area contributed by atoms with Crippen LogP contribution in [-0.2, 0) is 19.0 Å². The Kier molecular flexibility index (Phi) is 24.0. The molecule has 4 rings (SSSR count). The number of ketones is 1. The van der Waals surface area contributed by atoms with Gasteiger partial charge >= 0.3 is 11.9 Å². The highest BCUT2D eigenvalue weighted by atomic mass is 16.6. The number of methoxy groups -OCH3 is 2. The molecule has 0 spiro atoms. The molecule has 0 radical (unpaired) electrons. The van der Waals surface area contributed by atoms with E-state index in [1.165, 1.54) is 77.7 Å². The number of carbonyl (C=O) groups is 3. The van der Waals surface area contributed by atoms with Gasteiger partial charge in [-0.3, -0.25) is 4.79 Å². The molecule has 9 heteroatoms. The molecule has 0 fully saturated rings. The zero-order chi connectivity index (χ0) is 40.8. The van der Waals surface area contributed by atoms with Crippen molar-refractivity contribution >= 4 is 23.8 Å². The minimum absolute atomic E-state index is 0.0227. The van der Waals surface area contributed by atoms with E-state index in [4.69, 9.17) is 18.9 Å². The predicted octanol–water partition coefficient (Wildman–Crippen LogP) is 11.1. The van der Waals surface area contributed by atoms with Gasteiger partial charge in [0.05, 0.1) is 33.0 Å². The minimum atomic E-state index is -0.443. The molecule has 302 valence electrons. The molecule has 4 aromatic carbocycles. The van der Waals surface area contributed by atoms with E-state index in [2.05, 4.69) is 13.8 Å². The smallest absolute Gasteiger partial charge is 0.373 e. The summed E-state index contributed by atoms with van der Waals surface area (Å²) >= 11 is 0. The Morgan fingerprint density at radius 1 is 0.571 bits per heavy atom. The molecule has 0 aliphatic heterocycles. The van der Waals surface area contributed by atoms with Crippen molar-refractivity contribution in [2.75, 3.05) is 27.4 Å². The van der Waals surface area contributed by atoms with Gasteiger partial charge in [-0.1, -0.05) is 151 Å². The highest BCUT2D eigenvalue weighted by molar-refractivity contribution is 6.10. The summed E-state index contributed by atoms with van der Waals surface area (Å²) in [6.07, 6.45) is 15.7. The molecular formula is C47H60O9. The van der Waals surface area contributed by atoms with Gasteiger partial charge in [-0.05, 0) is 48.7 Å². The third-order valence-corrected chi connectivity index (χ3v) is 8.59. The lowest BCUT2D eigenvalue weighted by atomic mass is 10.0. The lowest BCUT2D eigenvalue weighted by Gasteiger charge is -2.07. The third kappa shape index (κ3) is 18.7. The first-order chi connectivity index (χ1) is 27.2. The van der Waals surface area contributed by atoms with Gasteiger partial charge in [0.2, 0.25) is 5.76 Å². The van der Waals surface area contributed by atoms with Crippen LogP contribution in [0, 0.1) is 0 Å². The normalized spacial score (nSPS) is 10.5. The molecule has 0 aliphatic carbocycles. The number of hydrogen-bond donors (Lipinski definition) is 2. The van der Waals surface area contributed by atoms with E-state index in [-0.39, 0.29) is 34.2 Å². The van der Waals surface area contributed by atoms with Gasteiger partial charge in [-0.15, -0.1) is 0 Å². The van der Waals surface area contributed by atoms with Gasteiger partial charge in [-0.25, -0.2) is 9.59 Å². The van der Waals surface area contributed by atoms with E-state index in [1.54, 1.807) is 60.7 Å². The van der Waals surface area contributed by atoms with E-state index in [0.717, 1.165) is 31.2 Å². The van der Waals surface area contributed by atoms with Crippen LogP contribution in [0.3, 0.4) is 0 Å². The number of aromatic hydroxyl groups is 2. The number of esters is 2. The highest BCUT2D eigenvalue weighted by Gasteiger charge is 2.14. The predicted molar refractivity (Wildman–Crippen MR) is 222 cm³/mol. The molecule has 0 atom stereocenters. The number of carbonyl (C=O) groups excluding carboxylic acids is 3. The fraction of sp³-hybridized carbons (Fsp3) is 0.383. The molecule has 0 amide bonds. The van der Waals surface area contributed by atoms with Crippen LogP contribution in [0.1, 0.15) is 123 Å². The van der Waals surface area contributed by atoms with E-state index in [9.17, 15) is 24.6 Å². The first-order valence-electron chi connectivity index (χ1n) is 19.6. The second-order valence-corrected chi connectivity index (χ2v) is 13.0. The Morgan fingerprint density at radius 3 is 1.66 bits per heavy atom. The van der Waals surface area contributed by atoms with Crippen molar-refractivity contribution in [3.05, 3.63) is 131 Å². The molecule has 0 saturated heterocycles. The molecule has 0 aliphatic rings. The monoisotopic (exact) mass is 768 g/mol. The number of benzene rings is 4. The Hall–Kier alpha value is -5.57. The highest BCUT2D eigenvalue weighted by Crippen LogP contribution is 2.25. The summed E-state index contributed by atoms with van der Waals surface area (Å²) in [5.41, 5.74) is 1.99. The topological polar surface area (TPSA) is 129 Å². The lowest BCUT2D eigenvalue weighted by molar-refractivity contribution is -0.142. The largest absolute Gasteiger partial charge is 0.507 e. The maximum absolute atomic E-state index is 12.1. The Morgan fingerprint density at radius 2 is 1.11 bits per heavy atom. The van der Waals surface area contributed by atoms with E-state index in [0.29, 0.717) is 24.5 Å². The van der Waals surface area contributed by atoms with Crippen LogP contribution in [0.5, 0.6) is 17.2 Å². The summed E-state index contributed by atoms with van der Waals surface area (Å²) in [5, 5.41) is 19.2. The number of hydrogen-bond acceptors (Lipinski definition) is 9. The molecule has 0 bridgehead atoms.